The van der Waals surface area contributed by atoms with Gasteiger partial charge in [-0.15, -0.1) is 0 Å². The number of nitrogens with two attached hydrogens (primary N) is 1. The minimum atomic E-state index is -0.109. The summed E-state index contributed by atoms with van der Waals surface area (Å²) in [6, 6.07) is 5.57. The second-order valence-corrected chi connectivity index (χ2v) is 4.66. The number of amides is 1. The standard InChI is InChI=1S/C12H17BrN2O2/c1-8(14)10-7-9(13)3-4-11(10)17-6-5-12(16)15-2/h3-4,7-8H,5-6,14H2,1-2H3,(H,15,16)/t8-/m0/s1. The molecule has 94 valence electrons. The highest BCUT2D eigenvalue weighted by atomic mass is 79.9. The molecule has 4 nitrogen and oxygen atoms in total. The van der Waals surface area contributed by atoms with E-state index in [1.165, 1.54) is 0 Å². The predicted octanol–water partition coefficient (Wildman–Crippen LogP) is 1.98. The Morgan fingerprint density at radius 2 is 2.29 bits per heavy atom. The topological polar surface area (TPSA) is 64.3 Å². The molecule has 3 N–H and O–H groups in total. The Morgan fingerprint density at radius 3 is 2.88 bits per heavy atom. The Kier molecular flexibility index (Phi) is 5.44. The van der Waals surface area contributed by atoms with Crippen LogP contribution in [-0.2, 0) is 4.79 Å². The monoisotopic (exact) mass is 300 g/mol. The fourth-order valence-corrected chi connectivity index (χ4v) is 1.76. The van der Waals surface area contributed by atoms with E-state index >= 15 is 0 Å². The highest BCUT2D eigenvalue weighted by Gasteiger charge is 2.09. The third-order valence-corrected chi connectivity index (χ3v) is 2.82. The van der Waals surface area contributed by atoms with Gasteiger partial charge in [0.25, 0.3) is 0 Å². The molecule has 0 spiro atoms. The molecule has 0 saturated heterocycles. The molecule has 1 aromatic rings. The number of benzene rings is 1. The zero-order valence-electron chi connectivity index (χ0n) is 10.00. The van der Waals surface area contributed by atoms with Crippen molar-refractivity contribution >= 4 is 21.8 Å². The summed E-state index contributed by atoms with van der Waals surface area (Å²) in [6.45, 7) is 2.24. The molecule has 0 fully saturated rings. The van der Waals surface area contributed by atoms with Gasteiger partial charge >= 0.3 is 0 Å². The Labute approximate surface area is 110 Å². The maximum Gasteiger partial charge on any atom is 0.223 e. The molecule has 0 heterocycles. The average molecular weight is 301 g/mol. The van der Waals surface area contributed by atoms with Gasteiger partial charge < -0.3 is 15.8 Å². The zero-order valence-corrected chi connectivity index (χ0v) is 11.6. The van der Waals surface area contributed by atoms with Gasteiger partial charge in [0.2, 0.25) is 5.91 Å². The number of halogens is 1. The minimum absolute atomic E-state index is 0.0375. The lowest BCUT2D eigenvalue weighted by Crippen LogP contribution is -2.20. The number of ether oxygens (including phenoxy) is 1. The second kappa shape index (κ2) is 6.61. The normalized spacial score (nSPS) is 12.0. The molecule has 0 aromatic heterocycles. The van der Waals surface area contributed by atoms with Crippen molar-refractivity contribution in [1.82, 2.24) is 5.32 Å². The summed E-state index contributed by atoms with van der Waals surface area (Å²) >= 11 is 3.39. The van der Waals surface area contributed by atoms with Crippen LogP contribution in [0.4, 0.5) is 0 Å². The molecule has 0 bridgehead atoms. The van der Waals surface area contributed by atoms with Gasteiger partial charge in [0.05, 0.1) is 13.0 Å². The minimum Gasteiger partial charge on any atom is -0.493 e. The van der Waals surface area contributed by atoms with E-state index in [4.69, 9.17) is 10.5 Å². The van der Waals surface area contributed by atoms with Crippen LogP contribution in [0.15, 0.2) is 22.7 Å². The van der Waals surface area contributed by atoms with E-state index in [0.717, 1.165) is 15.8 Å². The first-order valence-electron chi connectivity index (χ1n) is 5.43. The number of carbonyl (C=O) groups is 1. The molecule has 5 heteroatoms. The SMILES string of the molecule is CNC(=O)CCOc1ccc(Br)cc1[C@H](C)N. The summed E-state index contributed by atoms with van der Waals surface area (Å²) in [4.78, 5) is 11.1. The molecule has 1 atom stereocenters. The quantitative estimate of drug-likeness (QED) is 0.874. The van der Waals surface area contributed by atoms with Crippen molar-refractivity contribution < 1.29 is 9.53 Å². The van der Waals surface area contributed by atoms with Crippen molar-refractivity contribution in [2.75, 3.05) is 13.7 Å². The van der Waals surface area contributed by atoms with E-state index in [1.54, 1.807) is 7.05 Å². The fraction of sp³-hybridized carbons (Fsp3) is 0.417. The van der Waals surface area contributed by atoms with Crippen LogP contribution < -0.4 is 15.8 Å². The van der Waals surface area contributed by atoms with Crippen molar-refractivity contribution in [1.29, 1.82) is 0 Å². The largest absolute Gasteiger partial charge is 0.493 e. The van der Waals surface area contributed by atoms with Crippen LogP contribution in [0.3, 0.4) is 0 Å². The van der Waals surface area contributed by atoms with Crippen LogP contribution >= 0.6 is 15.9 Å². The maximum atomic E-state index is 11.1. The van der Waals surface area contributed by atoms with E-state index in [0.29, 0.717) is 13.0 Å². The molecule has 0 aliphatic heterocycles. The lowest BCUT2D eigenvalue weighted by molar-refractivity contribution is -0.121. The molecule has 0 aliphatic carbocycles. The summed E-state index contributed by atoms with van der Waals surface area (Å²) in [5.41, 5.74) is 6.79. The summed E-state index contributed by atoms with van der Waals surface area (Å²) in [6.07, 6.45) is 0.338. The van der Waals surface area contributed by atoms with Gasteiger partial charge in [-0.1, -0.05) is 15.9 Å². The van der Waals surface area contributed by atoms with Gasteiger partial charge in [-0.2, -0.15) is 0 Å². The summed E-state index contributed by atoms with van der Waals surface area (Å²) in [7, 11) is 1.61. The van der Waals surface area contributed by atoms with Crippen molar-refractivity contribution in [2.45, 2.75) is 19.4 Å². The first kappa shape index (κ1) is 14.0. The molecule has 17 heavy (non-hydrogen) atoms. The molecule has 1 aromatic carbocycles. The smallest absolute Gasteiger partial charge is 0.223 e. The third kappa shape index (κ3) is 4.36. The first-order chi connectivity index (χ1) is 8.04. The first-order valence-corrected chi connectivity index (χ1v) is 6.22. The van der Waals surface area contributed by atoms with E-state index in [-0.39, 0.29) is 11.9 Å². The Hall–Kier alpha value is -1.07. The van der Waals surface area contributed by atoms with Gasteiger partial charge in [-0.05, 0) is 25.1 Å². The van der Waals surface area contributed by atoms with Crippen LogP contribution in [0.2, 0.25) is 0 Å². The van der Waals surface area contributed by atoms with Crippen molar-refractivity contribution in [2.24, 2.45) is 5.73 Å². The molecular formula is C12H17BrN2O2. The molecular weight excluding hydrogens is 284 g/mol. The van der Waals surface area contributed by atoms with Crippen LogP contribution in [-0.4, -0.2) is 19.6 Å². The van der Waals surface area contributed by atoms with Crippen LogP contribution in [0, 0.1) is 0 Å². The molecule has 1 rings (SSSR count). The molecule has 1 amide bonds. The number of nitrogens with one attached hydrogen (secondary N) is 1. The fourth-order valence-electron chi connectivity index (χ4n) is 1.39. The van der Waals surface area contributed by atoms with Crippen molar-refractivity contribution in [3.05, 3.63) is 28.2 Å². The second-order valence-electron chi connectivity index (χ2n) is 3.74. The molecule has 0 unspecified atom stereocenters. The van der Waals surface area contributed by atoms with Gasteiger partial charge in [0.1, 0.15) is 5.75 Å². The number of rotatable bonds is 5. The molecule has 0 saturated carbocycles. The number of hydrogen-bond donors (Lipinski definition) is 2. The Morgan fingerprint density at radius 1 is 1.59 bits per heavy atom. The number of carbonyl (C=O) groups excluding carboxylic acids is 1. The predicted molar refractivity (Wildman–Crippen MR) is 70.9 cm³/mol. The van der Waals surface area contributed by atoms with Crippen LogP contribution in [0.1, 0.15) is 24.9 Å². The highest BCUT2D eigenvalue weighted by Crippen LogP contribution is 2.27. The van der Waals surface area contributed by atoms with Gasteiger partial charge in [-0.25, -0.2) is 0 Å². The van der Waals surface area contributed by atoms with Crippen molar-refractivity contribution in [3.8, 4) is 5.75 Å². The zero-order chi connectivity index (χ0) is 12.8. The maximum absolute atomic E-state index is 11.1. The summed E-state index contributed by atoms with van der Waals surface area (Å²) in [5, 5.41) is 2.55. The third-order valence-electron chi connectivity index (χ3n) is 2.33. The Balaban J connectivity index is 2.67. The van der Waals surface area contributed by atoms with Crippen LogP contribution in [0.5, 0.6) is 5.75 Å². The van der Waals surface area contributed by atoms with Gasteiger partial charge in [0, 0.05) is 23.1 Å². The van der Waals surface area contributed by atoms with E-state index in [2.05, 4.69) is 21.2 Å². The van der Waals surface area contributed by atoms with Crippen molar-refractivity contribution in [3.63, 3.8) is 0 Å². The molecule has 0 radical (unpaired) electrons. The van der Waals surface area contributed by atoms with Gasteiger partial charge in [-0.3, -0.25) is 4.79 Å². The lowest BCUT2D eigenvalue weighted by Gasteiger charge is -2.14. The summed E-state index contributed by atoms with van der Waals surface area (Å²) < 4.78 is 6.53. The van der Waals surface area contributed by atoms with E-state index in [1.807, 2.05) is 25.1 Å². The van der Waals surface area contributed by atoms with Crippen LogP contribution in [0.25, 0.3) is 0 Å². The lowest BCUT2D eigenvalue weighted by atomic mass is 10.1. The molecule has 0 aliphatic rings. The highest BCUT2D eigenvalue weighted by molar-refractivity contribution is 9.10. The number of hydrogen-bond acceptors (Lipinski definition) is 3. The van der Waals surface area contributed by atoms with Gasteiger partial charge in [0.15, 0.2) is 0 Å². The average Bonchev–Trinajstić information content (AvgIpc) is 2.30. The van der Waals surface area contributed by atoms with E-state index < -0.39 is 0 Å². The Bertz CT molecular complexity index is 394. The van der Waals surface area contributed by atoms with E-state index in [9.17, 15) is 4.79 Å². The summed E-state index contributed by atoms with van der Waals surface area (Å²) in [5.74, 6) is 0.691.